The van der Waals surface area contributed by atoms with Gasteiger partial charge in [-0.05, 0) is 72.1 Å². The third-order valence-electron chi connectivity index (χ3n) is 7.39. The Bertz CT molecular complexity index is 1880. The number of carbonyl (C=O) groups excluding carboxylic acids is 3. The van der Waals surface area contributed by atoms with E-state index in [0.717, 1.165) is 16.5 Å². The van der Waals surface area contributed by atoms with Crippen LogP contribution in [0.4, 0.5) is 11.4 Å². The Morgan fingerprint density at radius 2 is 1.40 bits per heavy atom. The summed E-state index contributed by atoms with van der Waals surface area (Å²) in [5.41, 5.74) is 0.895. The number of hydrogen-bond acceptors (Lipinski definition) is 8. The second-order valence-corrected chi connectivity index (χ2v) is 10.4. The van der Waals surface area contributed by atoms with Gasteiger partial charge >= 0.3 is 5.97 Å². The smallest absolute Gasteiger partial charge is 0.311 e. The summed E-state index contributed by atoms with van der Waals surface area (Å²) < 4.78 is 17.0. The molecule has 1 amide bonds. The van der Waals surface area contributed by atoms with E-state index in [1.165, 1.54) is 41.3 Å². The maximum absolute atomic E-state index is 12.8. The molecule has 1 aliphatic heterocycles. The molecule has 0 bridgehead atoms. The van der Waals surface area contributed by atoms with Crippen LogP contribution in [0.5, 0.6) is 23.0 Å². The van der Waals surface area contributed by atoms with Crippen molar-refractivity contribution in [2.24, 2.45) is 5.92 Å². The minimum Gasteiger partial charge on any atom is -0.457 e. The van der Waals surface area contributed by atoms with Gasteiger partial charge in [0.25, 0.3) is 5.69 Å². The summed E-state index contributed by atoms with van der Waals surface area (Å²) in [6.07, 6.45) is -0.0179. The summed E-state index contributed by atoms with van der Waals surface area (Å²) in [5.74, 6) is 0.226. The summed E-state index contributed by atoms with van der Waals surface area (Å²) in [5, 5.41) is 12.9. The molecule has 1 saturated heterocycles. The number of anilines is 1. The van der Waals surface area contributed by atoms with Crippen LogP contribution >= 0.6 is 0 Å². The van der Waals surface area contributed by atoms with Crippen molar-refractivity contribution in [1.29, 1.82) is 0 Å². The van der Waals surface area contributed by atoms with Gasteiger partial charge in [0.2, 0.25) is 5.91 Å². The second kappa shape index (κ2) is 12.7. The molecule has 0 radical (unpaired) electrons. The molecule has 0 unspecified atom stereocenters. The van der Waals surface area contributed by atoms with Crippen molar-refractivity contribution >= 4 is 39.8 Å². The number of ketones is 1. The van der Waals surface area contributed by atoms with Crippen LogP contribution in [-0.4, -0.2) is 35.7 Å². The fourth-order valence-electron chi connectivity index (χ4n) is 5.04. The number of nitrogens with zero attached hydrogens (tertiary/aromatic N) is 2. The number of amides is 1. The van der Waals surface area contributed by atoms with Crippen LogP contribution in [0, 0.1) is 16.0 Å². The van der Waals surface area contributed by atoms with Crippen LogP contribution in [-0.2, 0) is 14.3 Å². The van der Waals surface area contributed by atoms with Gasteiger partial charge in [0.15, 0.2) is 12.4 Å². The largest absolute Gasteiger partial charge is 0.457 e. The van der Waals surface area contributed by atoms with Crippen LogP contribution in [0.15, 0.2) is 115 Å². The van der Waals surface area contributed by atoms with E-state index >= 15 is 0 Å². The molecule has 1 heterocycles. The standard InChI is InChI=1S/C35H26N2O8/c38-32(24-8-14-28(15-9-24)44-29-18-12-27(13-19-29)37(41)42)22-43-35(40)25-20-34(39)36(21-25)26-10-16-30(17-11-26)45-33-7-3-5-23-4-1-2-6-31(23)33/h1-19,25H,20-22H2/t25-/m0/s1. The Morgan fingerprint density at radius 1 is 0.778 bits per heavy atom. The van der Waals surface area contributed by atoms with Gasteiger partial charge in [-0.2, -0.15) is 0 Å². The van der Waals surface area contributed by atoms with Gasteiger partial charge in [0.1, 0.15) is 23.0 Å². The molecule has 10 heteroatoms. The van der Waals surface area contributed by atoms with Crippen molar-refractivity contribution in [3.05, 3.63) is 131 Å². The molecular weight excluding hydrogens is 576 g/mol. The van der Waals surface area contributed by atoms with E-state index in [2.05, 4.69) is 0 Å². The minimum absolute atomic E-state index is 0.0179. The van der Waals surface area contributed by atoms with Crippen molar-refractivity contribution in [1.82, 2.24) is 0 Å². The van der Waals surface area contributed by atoms with E-state index in [1.807, 2.05) is 42.5 Å². The van der Waals surface area contributed by atoms with Crippen molar-refractivity contribution in [2.75, 3.05) is 18.1 Å². The van der Waals surface area contributed by atoms with Crippen molar-refractivity contribution in [3.8, 4) is 23.0 Å². The van der Waals surface area contributed by atoms with Crippen molar-refractivity contribution in [3.63, 3.8) is 0 Å². The number of Topliss-reactive ketones (excluding diaryl/α,β-unsaturated/α-hetero) is 1. The highest BCUT2D eigenvalue weighted by atomic mass is 16.6. The molecule has 1 fully saturated rings. The Balaban J connectivity index is 1.00. The average Bonchev–Trinajstić information content (AvgIpc) is 3.46. The summed E-state index contributed by atoms with van der Waals surface area (Å²) in [4.78, 5) is 50.0. The van der Waals surface area contributed by atoms with Crippen LogP contribution in [0.3, 0.4) is 0 Å². The third-order valence-corrected chi connectivity index (χ3v) is 7.39. The summed E-state index contributed by atoms with van der Waals surface area (Å²) in [7, 11) is 0. The fourth-order valence-corrected chi connectivity index (χ4v) is 5.04. The lowest BCUT2D eigenvalue weighted by molar-refractivity contribution is -0.384. The Kier molecular flexibility index (Phi) is 8.19. The number of esters is 1. The first-order chi connectivity index (χ1) is 21.8. The number of hydrogen-bond donors (Lipinski definition) is 0. The van der Waals surface area contributed by atoms with E-state index in [0.29, 0.717) is 28.5 Å². The zero-order chi connectivity index (χ0) is 31.3. The predicted octanol–water partition coefficient (Wildman–Crippen LogP) is 7.11. The molecule has 1 atom stereocenters. The van der Waals surface area contributed by atoms with E-state index < -0.39 is 29.2 Å². The van der Waals surface area contributed by atoms with E-state index in [1.54, 1.807) is 36.4 Å². The van der Waals surface area contributed by atoms with Crippen LogP contribution in [0.25, 0.3) is 10.8 Å². The first-order valence-corrected chi connectivity index (χ1v) is 14.1. The minimum atomic E-state index is -0.700. The number of rotatable bonds is 10. The molecular formula is C35H26N2O8. The summed E-state index contributed by atoms with van der Waals surface area (Å²) >= 11 is 0. The van der Waals surface area contributed by atoms with Gasteiger partial charge in [-0.1, -0.05) is 36.4 Å². The molecule has 5 aromatic carbocycles. The fraction of sp³-hybridized carbons (Fsp3) is 0.114. The SMILES string of the molecule is O=C(COC(=O)[C@H]1CC(=O)N(c2ccc(Oc3cccc4ccccc34)cc2)C1)c1ccc(Oc2ccc([N+](=O)[O-])cc2)cc1. The number of nitro benzene ring substituents is 1. The van der Waals surface area contributed by atoms with Gasteiger partial charge in [0, 0.05) is 41.7 Å². The zero-order valence-electron chi connectivity index (χ0n) is 23.8. The van der Waals surface area contributed by atoms with Crippen LogP contribution in [0.2, 0.25) is 0 Å². The third kappa shape index (κ3) is 6.65. The molecule has 6 rings (SSSR count). The highest BCUT2D eigenvalue weighted by molar-refractivity contribution is 6.01. The molecule has 0 aromatic heterocycles. The predicted molar refractivity (Wildman–Crippen MR) is 166 cm³/mol. The Morgan fingerprint density at radius 3 is 2.11 bits per heavy atom. The second-order valence-electron chi connectivity index (χ2n) is 10.4. The maximum Gasteiger partial charge on any atom is 0.311 e. The van der Waals surface area contributed by atoms with Gasteiger partial charge in [-0.15, -0.1) is 0 Å². The Labute approximate surface area is 257 Å². The van der Waals surface area contributed by atoms with Crippen LogP contribution in [0.1, 0.15) is 16.8 Å². The quantitative estimate of drug-likeness (QED) is 0.0717. The molecule has 1 aliphatic rings. The van der Waals surface area contributed by atoms with Gasteiger partial charge in [-0.25, -0.2) is 0 Å². The van der Waals surface area contributed by atoms with Gasteiger partial charge in [0.05, 0.1) is 10.8 Å². The number of benzene rings is 5. The maximum atomic E-state index is 12.8. The molecule has 0 N–H and O–H groups in total. The first-order valence-electron chi connectivity index (χ1n) is 14.1. The normalized spacial score (nSPS) is 14.3. The molecule has 0 aliphatic carbocycles. The van der Waals surface area contributed by atoms with Gasteiger partial charge in [-0.3, -0.25) is 24.5 Å². The number of carbonyl (C=O) groups is 3. The Hall–Kier alpha value is -6.03. The average molecular weight is 603 g/mol. The summed E-state index contributed by atoms with van der Waals surface area (Å²) in [6.45, 7) is -0.323. The zero-order valence-corrected chi connectivity index (χ0v) is 23.8. The lowest BCUT2D eigenvalue weighted by atomic mass is 10.1. The molecule has 10 nitrogen and oxygen atoms in total. The van der Waals surface area contributed by atoms with E-state index in [-0.39, 0.29) is 24.6 Å². The van der Waals surface area contributed by atoms with Crippen molar-refractivity contribution < 1.29 is 33.5 Å². The lowest BCUT2D eigenvalue weighted by Gasteiger charge is -2.17. The van der Waals surface area contributed by atoms with E-state index in [9.17, 15) is 24.5 Å². The van der Waals surface area contributed by atoms with E-state index in [4.69, 9.17) is 14.2 Å². The van der Waals surface area contributed by atoms with Gasteiger partial charge < -0.3 is 19.1 Å². The topological polar surface area (TPSA) is 125 Å². The molecule has 45 heavy (non-hydrogen) atoms. The highest BCUT2D eigenvalue weighted by Crippen LogP contribution is 2.32. The number of nitro groups is 1. The number of ether oxygens (including phenoxy) is 3. The number of non-ortho nitro benzene ring substituents is 1. The molecule has 5 aromatic rings. The first kappa shape index (κ1) is 29.1. The monoisotopic (exact) mass is 602 g/mol. The highest BCUT2D eigenvalue weighted by Gasteiger charge is 2.36. The summed E-state index contributed by atoms with van der Waals surface area (Å²) in [6, 6.07) is 32.7. The molecule has 0 saturated carbocycles. The van der Waals surface area contributed by atoms with Crippen molar-refractivity contribution in [2.45, 2.75) is 6.42 Å². The number of fused-ring (bicyclic) bond motifs is 1. The molecule has 0 spiro atoms. The van der Waals surface area contributed by atoms with Crippen LogP contribution < -0.4 is 14.4 Å². The lowest BCUT2D eigenvalue weighted by Crippen LogP contribution is -2.27. The molecule has 224 valence electrons.